The van der Waals surface area contributed by atoms with Gasteiger partial charge in [-0.2, -0.15) is 0 Å². The van der Waals surface area contributed by atoms with Crippen LogP contribution in [0.5, 0.6) is 17.2 Å². The van der Waals surface area contributed by atoms with Crippen molar-refractivity contribution < 1.29 is 24.1 Å². The number of benzene rings is 2. The van der Waals surface area contributed by atoms with Crippen molar-refractivity contribution in [1.29, 1.82) is 0 Å². The van der Waals surface area contributed by atoms with Gasteiger partial charge in [0.05, 0.1) is 12.2 Å². The van der Waals surface area contributed by atoms with Crippen LogP contribution in [0.3, 0.4) is 0 Å². The normalized spacial score (nSPS) is 10.0. The smallest absolute Gasteiger partial charge is 0.335 e. The molecule has 0 atom stereocenters. The number of hydrogen-bond donors (Lipinski definition) is 1. The second-order valence-electron chi connectivity index (χ2n) is 4.41. The minimum atomic E-state index is -0.979. The van der Waals surface area contributed by atoms with Gasteiger partial charge in [-0.3, -0.25) is 0 Å². The second kappa shape index (κ2) is 7.93. The quantitative estimate of drug-likeness (QED) is 0.758. The van der Waals surface area contributed by atoms with Crippen LogP contribution >= 0.6 is 0 Å². The summed E-state index contributed by atoms with van der Waals surface area (Å²) in [6.45, 7) is 3.12. The Labute approximate surface area is 129 Å². The molecule has 116 valence electrons. The van der Waals surface area contributed by atoms with Gasteiger partial charge in [0.15, 0.2) is 11.5 Å². The Hall–Kier alpha value is -2.69. The third-order valence-corrected chi connectivity index (χ3v) is 2.84. The maximum atomic E-state index is 10.9. The fraction of sp³-hybridized carbons (Fsp3) is 0.235. The molecule has 0 amide bonds. The third kappa shape index (κ3) is 4.41. The lowest BCUT2D eigenvalue weighted by Gasteiger charge is -2.12. The number of carboxylic acid groups (broad SMARTS) is 1. The maximum Gasteiger partial charge on any atom is 0.335 e. The van der Waals surface area contributed by atoms with E-state index in [-0.39, 0.29) is 5.56 Å². The van der Waals surface area contributed by atoms with Gasteiger partial charge in [-0.1, -0.05) is 18.2 Å². The molecule has 5 heteroatoms. The molecule has 0 aliphatic heterocycles. The standard InChI is InChI=1S/C17H18O5/c1-2-20-15-8-3-4-9-16(15)22-11-10-21-14-7-5-6-13(12-14)17(18)19/h3-9,12H,2,10-11H2,1H3,(H,18,19). The van der Waals surface area contributed by atoms with Gasteiger partial charge in [0.2, 0.25) is 0 Å². The molecule has 2 aromatic rings. The number of carboxylic acids is 1. The molecule has 0 saturated carbocycles. The zero-order valence-corrected chi connectivity index (χ0v) is 12.3. The van der Waals surface area contributed by atoms with Gasteiger partial charge < -0.3 is 19.3 Å². The highest BCUT2D eigenvalue weighted by molar-refractivity contribution is 5.87. The number of para-hydroxylation sites is 2. The number of hydrogen-bond acceptors (Lipinski definition) is 4. The van der Waals surface area contributed by atoms with Crippen LogP contribution in [0.15, 0.2) is 48.5 Å². The first-order chi connectivity index (χ1) is 10.7. The lowest BCUT2D eigenvalue weighted by atomic mass is 10.2. The van der Waals surface area contributed by atoms with Gasteiger partial charge in [-0.25, -0.2) is 4.79 Å². The van der Waals surface area contributed by atoms with Gasteiger partial charge >= 0.3 is 5.97 Å². The van der Waals surface area contributed by atoms with Crippen molar-refractivity contribution >= 4 is 5.97 Å². The Balaban J connectivity index is 1.85. The SMILES string of the molecule is CCOc1ccccc1OCCOc1cccc(C(=O)O)c1. The summed E-state index contributed by atoms with van der Waals surface area (Å²) in [4.78, 5) is 10.9. The molecule has 22 heavy (non-hydrogen) atoms. The average Bonchev–Trinajstić information content (AvgIpc) is 2.53. The molecule has 0 aliphatic rings. The minimum absolute atomic E-state index is 0.195. The summed E-state index contributed by atoms with van der Waals surface area (Å²) in [5.74, 6) is 0.874. The Morgan fingerprint density at radius 1 is 0.955 bits per heavy atom. The van der Waals surface area contributed by atoms with Crippen LogP contribution in [0, 0.1) is 0 Å². The van der Waals surface area contributed by atoms with Crippen molar-refractivity contribution in [3.63, 3.8) is 0 Å². The fourth-order valence-corrected chi connectivity index (χ4v) is 1.87. The van der Waals surface area contributed by atoms with Crippen LogP contribution in [0.4, 0.5) is 0 Å². The molecule has 0 aliphatic carbocycles. The molecule has 0 fully saturated rings. The van der Waals surface area contributed by atoms with Crippen LogP contribution in [0.25, 0.3) is 0 Å². The molecule has 0 unspecified atom stereocenters. The summed E-state index contributed by atoms with van der Waals surface area (Å²) < 4.78 is 16.6. The molecular formula is C17H18O5. The molecule has 0 spiro atoms. The van der Waals surface area contributed by atoms with E-state index in [1.165, 1.54) is 12.1 Å². The summed E-state index contributed by atoms with van der Waals surface area (Å²) >= 11 is 0. The van der Waals surface area contributed by atoms with Gasteiger partial charge in [-0.05, 0) is 37.3 Å². The summed E-state index contributed by atoms with van der Waals surface area (Å²) in [7, 11) is 0. The van der Waals surface area contributed by atoms with Crippen molar-refractivity contribution in [3.8, 4) is 17.2 Å². The van der Waals surface area contributed by atoms with Crippen LogP contribution in [-0.2, 0) is 0 Å². The highest BCUT2D eigenvalue weighted by atomic mass is 16.5. The van der Waals surface area contributed by atoms with Gasteiger partial charge in [0.25, 0.3) is 0 Å². The Morgan fingerprint density at radius 3 is 2.32 bits per heavy atom. The Kier molecular flexibility index (Phi) is 5.65. The van der Waals surface area contributed by atoms with E-state index in [2.05, 4.69) is 0 Å². The van der Waals surface area contributed by atoms with Crippen molar-refractivity contribution in [3.05, 3.63) is 54.1 Å². The van der Waals surface area contributed by atoms with Gasteiger partial charge in [0, 0.05) is 0 Å². The van der Waals surface area contributed by atoms with Crippen LogP contribution < -0.4 is 14.2 Å². The molecule has 0 radical (unpaired) electrons. The number of rotatable bonds is 8. The van der Waals surface area contributed by atoms with Crippen molar-refractivity contribution in [1.82, 2.24) is 0 Å². The fourth-order valence-electron chi connectivity index (χ4n) is 1.87. The third-order valence-electron chi connectivity index (χ3n) is 2.84. The predicted molar refractivity (Wildman–Crippen MR) is 82.0 cm³/mol. The Morgan fingerprint density at radius 2 is 1.64 bits per heavy atom. The van der Waals surface area contributed by atoms with Crippen molar-refractivity contribution in [2.24, 2.45) is 0 Å². The average molecular weight is 302 g/mol. The summed E-state index contributed by atoms with van der Waals surface area (Å²) in [5.41, 5.74) is 0.195. The number of ether oxygens (including phenoxy) is 3. The topological polar surface area (TPSA) is 65.0 Å². The van der Waals surface area contributed by atoms with E-state index in [1.807, 2.05) is 31.2 Å². The molecule has 0 saturated heterocycles. The lowest BCUT2D eigenvalue weighted by Crippen LogP contribution is -2.10. The van der Waals surface area contributed by atoms with E-state index < -0.39 is 5.97 Å². The van der Waals surface area contributed by atoms with E-state index in [0.717, 1.165) is 0 Å². The first-order valence-electron chi connectivity index (χ1n) is 7.01. The largest absolute Gasteiger partial charge is 0.490 e. The van der Waals surface area contributed by atoms with E-state index in [9.17, 15) is 4.79 Å². The molecule has 0 bridgehead atoms. The van der Waals surface area contributed by atoms with Gasteiger partial charge in [-0.15, -0.1) is 0 Å². The second-order valence-corrected chi connectivity index (χ2v) is 4.41. The van der Waals surface area contributed by atoms with E-state index in [1.54, 1.807) is 12.1 Å². The highest BCUT2D eigenvalue weighted by Gasteiger charge is 2.05. The number of carbonyl (C=O) groups is 1. The molecule has 0 heterocycles. The molecular weight excluding hydrogens is 284 g/mol. The molecule has 0 aromatic heterocycles. The van der Waals surface area contributed by atoms with E-state index in [0.29, 0.717) is 37.1 Å². The lowest BCUT2D eigenvalue weighted by molar-refractivity contribution is 0.0696. The minimum Gasteiger partial charge on any atom is -0.490 e. The summed E-state index contributed by atoms with van der Waals surface area (Å²) in [5, 5.41) is 8.92. The van der Waals surface area contributed by atoms with E-state index in [4.69, 9.17) is 19.3 Å². The zero-order valence-electron chi connectivity index (χ0n) is 12.3. The first kappa shape index (κ1) is 15.7. The molecule has 1 N–H and O–H groups in total. The van der Waals surface area contributed by atoms with Crippen LogP contribution in [0.2, 0.25) is 0 Å². The summed E-state index contributed by atoms with van der Waals surface area (Å²) in [6.07, 6.45) is 0. The highest BCUT2D eigenvalue weighted by Crippen LogP contribution is 2.26. The molecule has 2 aromatic carbocycles. The van der Waals surface area contributed by atoms with Crippen molar-refractivity contribution in [2.45, 2.75) is 6.92 Å². The zero-order chi connectivity index (χ0) is 15.8. The summed E-state index contributed by atoms with van der Waals surface area (Å²) in [6, 6.07) is 13.8. The maximum absolute atomic E-state index is 10.9. The molecule has 5 nitrogen and oxygen atoms in total. The van der Waals surface area contributed by atoms with Crippen LogP contribution in [0.1, 0.15) is 17.3 Å². The van der Waals surface area contributed by atoms with Gasteiger partial charge in [0.1, 0.15) is 19.0 Å². The molecule has 2 rings (SSSR count). The monoisotopic (exact) mass is 302 g/mol. The van der Waals surface area contributed by atoms with Crippen molar-refractivity contribution in [2.75, 3.05) is 19.8 Å². The first-order valence-corrected chi connectivity index (χ1v) is 7.01. The van der Waals surface area contributed by atoms with E-state index >= 15 is 0 Å². The van der Waals surface area contributed by atoms with Crippen LogP contribution in [-0.4, -0.2) is 30.9 Å². The predicted octanol–water partition coefficient (Wildman–Crippen LogP) is 3.24. The number of aromatic carboxylic acids is 1. The Bertz CT molecular complexity index is 624.